The third-order valence-electron chi connectivity index (χ3n) is 6.79. The van der Waals surface area contributed by atoms with Crippen molar-refractivity contribution in [2.45, 2.75) is 39.8 Å². The number of hydrogen-bond acceptors (Lipinski definition) is 3. The van der Waals surface area contributed by atoms with Crippen LogP contribution in [0.15, 0.2) is 46.9 Å². The number of hydrogen-bond donors (Lipinski definition) is 3. The molecular formula is C28H29BrN4O2. The molecular weight excluding hydrogens is 504 g/mol. The maximum absolute atomic E-state index is 13.5. The Morgan fingerprint density at radius 2 is 1.80 bits per heavy atom. The van der Waals surface area contributed by atoms with E-state index in [1.807, 2.05) is 67.3 Å². The number of rotatable bonds is 3. The van der Waals surface area contributed by atoms with Crippen LogP contribution >= 0.6 is 15.9 Å². The molecule has 3 N–H and O–H groups in total. The van der Waals surface area contributed by atoms with Gasteiger partial charge in [0.1, 0.15) is 0 Å². The van der Waals surface area contributed by atoms with Gasteiger partial charge in [-0.05, 0) is 68.7 Å². The Hall–Kier alpha value is -3.16. The largest absolute Gasteiger partial charge is 0.358 e. The third-order valence-corrected chi connectivity index (χ3v) is 7.28. The molecule has 1 fully saturated rings. The van der Waals surface area contributed by atoms with Crippen LogP contribution in [0.2, 0.25) is 0 Å². The number of amides is 2. The lowest BCUT2D eigenvalue weighted by Crippen LogP contribution is -2.55. The zero-order valence-electron chi connectivity index (χ0n) is 20.3. The average Bonchev–Trinajstić information content (AvgIpc) is 3.27. The molecule has 2 amide bonds. The summed E-state index contributed by atoms with van der Waals surface area (Å²) in [4.78, 5) is 31.8. The van der Waals surface area contributed by atoms with Crippen LogP contribution in [0.4, 0.5) is 5.69 Å². The van der Waals surface area contributed by atoms with Gasteiger partial charge in [0.25, 0.3) is 11.8 Å². The highest BCUT2D eigenvalue weighted by atomic mass is 79.9. The van der Waals surface area contributed by atoms with Crippen molar-refractivity contribution in [3.8, 4) is 11.1 Å². The fraction of sp³-hybridized carbons (Fsp3) is 0.286. The second kappa shape index (κ2) is 9.13. The molecule has 5 rings (SSSR count). The summed E-state index contributed by atoms with van der Waals surface area (Å²) >= 11 is 3.55. The van der Waals surface area contributed by atoms with Gasteiger partial charge in [0.05, 0.1) is 11.1 Å². The summed E-state index contributed by atoms with van der Waals surface area (Å²) in [5, 5.41) is 6.48. The molecule has 2 aliphatic heterocycles. The molecule has 7 heteroatoms. The van der Waals surface area contributed by atoms with E-state index in [1.54, 1.807) is 0 Å². The fourth-order valence-corrected chi connectivity index (χ4v) is 5.72. The number of nitrogens with zero attached hydrogens (tertiary/aromatic N) is 1. The zero-order valence-corrected chi connectivity index (χ0v) is 21.9. The minimum atomic E-state index is -0.147. The quantitative estimate of drug-likeness (QED) is 0.396. The summed E-state index contributed by atoms with van der Waals surface area (Å²) in [7, 11) is 0. The Balaban J connectivity index is 1.56. The molecule has 0 bridgehead atoms. The van der Waals surface area contributed by atoms with Crippen LogP contribution in [0.25, 0.3) is 22.8 Å². The smallest absolute Gasteiger partial charge is 0.256 e. The lowest BCUT2D eigenvalue weighted by atomic mass is 9.94. The molecule has 3 aromatic rings. The van der Waals surface area contributed by atoms with Gasteiger partial charge in [-0.15, -0.1) is 0 Å². The third kappa shape index (κ3) is 4.34. The second-order valence-electron chi connectivity index (χ2n) is 9.59. The number of piperazine rings is 1. The van der Waals surface area contributed by atoms with Crippen LogP contribution in [-0.4, -0.2) is 46.9 Å². The van der Waals surface area contributed by atoms with Crippen molar-refractivity contribution in [2.75, 3.05) is 18.4 Å². The first-order valence-electron chi connectivity index (χ1n) is 11.9. The highest BCUT2D eigenvalue weighted by molar-refractivity contribution is 9.10. The molecule has 180 valence electrons. The molecule has 2 aromatic carbocycles. The van der Waals surface area contributed by atoms with E-state index in [4.69, 9.17) is 0 Å². The van der Waals surface area contributed by atoms with E-state index < -0.39 is 0 Å². The maximum Gasteiger partial charge on any atom is 0.256 e. The monoisotopic (exact) mass is 532 g/mol. The van der Waals surface area contributed by atoms with Gasteiger partial charge in [-0.3, -0.25) is 9.59 Å². The molecule has 35 heavy (non-hydrogen) atoms. The first kappa shape index (κ1) is 23.6. The minimum Gasteiger partial charge on any atom is -0.358 e. The number of H-pyrrole nitrogens is 1. The van der Waals surface area contributed by atoms with E-state index in [0.29, 0.717) is 24.2 Å². The molecule has 3 heterocycles. The number of nitrogens with one attached hydrogen (secondary N) is 3. The van der Waals surface area contributed by atoms with Crippen LogP contribution in [0.1, 0.15) is 46.7 Å². The fourth-order valence-electron chi connectivity index (χ4n) is 5.32. The van der Waals surface area contributed by atoms with Crippen molar-refractivity contribution in [3.63, 3.8) is 0 Å². The Morgan fingerprint density at radius 1 is 1.09 bits per heavy atom. The number of fused-ring (bicyclic) bond motifs is 1. The summed E-state index contributed by atoms with van der Waals surface area (Å²) in [6.45, 7) is 9.42. The average molecular weight is 533 g/mol. The van der Waals surface area contributed by atoms with Gasteiger partial charge in [0.15, 0.2) is 0 Å². The highest BCUT2D eigenvalue weighted by Crippen LogP contribution is 2.41. The van der Waals surface area contributed by atoms with E-state index in [9.17, 15) is 9.59 Å². The number of aromatic amines is 1. The standard InChI is InChI=1S/C28H29BrN4O2/c1-15-13-33(14-16(2)30-15)28(35)25-17(3)24(31-18(25)4)12-22-26-21(19-7-5-8-20(29)11-19)9-6-10-23(26)32-27(22)34/h5-12,15-16,30-31H,13-14H2,1-4H3,(H,32,34)/t15-,16-/m1/s1. The lowest BCUT2D eigenvalue weighted by molar-refractivity contribution is -0.110. The number of carbonyl (C=O) groups excluding carboxylic acids is 2. The summed E-state index contributed by atoms with van der Waals surface area (Å²) in [6.07, 6.45) is 1.88. The molecule has 2 aliphatic rings. The van der Waals surface area contributed by atoms with Gasteiger partial charge in [0.2, 0.25) is 0 Å². The number of benzene rings is 2. The zero-order chi connectivity index (χ0) is 24.9. The van der Waals surface area contributed by atoms with Crippen molar-refractivity contribution < 1.29 is 9.59 Å². The Labute approximate surface area is 213 Å². The van der Waals surface area contributed by atoms with Gasteiger partial charge >= 0.3 is 0 Å². The minimum absolute atomic E-state index is 0.0344. The second-order valence-corrected chi connectivity index (χ2v) is 10.5. The molecule has 6 nitrogen and oxygen atoms in total. The van der Waals surface area contributed by atoms with Crippen molar-refractivity contribution in [2.24, 2.45) is 0 Å². The molecule has 0 saturated carbocycles. The maximum atomic E-state index is 13.5. The van der Waals surface area contributed by atoms with Gasteiger partial charge in [-0.1, -0.05) is 40.2 Å². The van der Waals surface area contributed by atoms with Crippen molar-refractivity contribution in [1.29, 1.82) is 0 Å². The van der Waals surface area contributed by atoms with Crippen molar-refractivity contribution in [1.82, 2.24) is 15.2 Å². The van der Waals surface area contributed by atoms with Crippen LogP contribution in [0, 0.1) is 13.8 Å². The van der Waals surface area contributed by atoms with Crippen LogP contribution < -0.4 is 10.6 Å². The molecule has 0 radical (unpaired) electrons. The van der Waals surface area contributed by atoms with E-state index >= 15 is 0 Å². The molecule has 0 spiro atoms. The summed E-state index contributed by atoms with van der Waals surface area (Å²) < 4.78 is 0.978. The molecule has 0 unspecified atom stereocenters. The summed E-state index contributed by atoms with van der Waals surface area (Å²) in [5.74, 6) is -0.112. The Morgan fingerprint density at radius 3 is 2.51 bits per heavy atom. The molecule has 0 aliphatic carbocycles. The normalized spacial score (nSPS) is 20.8. The van der Waals surface area contributed by atoms with E-state index in [1.165, 1.54) is 0 Å². The Bertz CT molecular complexity index is 1360. The lowest BCUT2D eigenvalue weighted by Gasteiger charge is -2.36. The van der Waals surface area contributed by atoms with E-state index in [-0.39, 0.29) is 23.9 Å². The van der Waals surface area contributed by atoms with Gasteiger partial charge in [0, 0.05) is 52.3 Å². The topological polar surface area (TPSA) is 77.2 Å². The van der Waals surface area contributed by atoms with Crippen LogP contribution in [-0.2, 0) is 4.79 Å². The SMILES string of the molecule is Cc1[nH]c(C=C2C(=O)Nc3cccc(-c4cccc(Br)c4)c32)c(C)c1C(=O)N1C[C@@H](C)N[C@H](C)C1. The van der Waals surface area contributed by atoms with Gasteiger partial charge < -0.3 is 20.5 Å². The number of halogens is 1. The molecule has 1 saturated heterocycles. The predicted molar refractivity (Wildman–Crippen MR) is 144 cm³/mol. The Kier molecular flexibility index (Phi) is 6.15. The number of aryl methyl sites for hydroxylation is 1. The van der Waals surface area contributed by atoms with E-state index in [0.717, 1.165) is 43.8 Å². The van der Waals surface area contributed by atoms with E-state index in [2.05, 4.69) is 45.4 Å². The molecule has 2 atom stereocenters. The summed E-state index contributed by atoms with van der Waals surface area (Å²) in [6, 6.07) is 14.5. The van der Waals surface area contributed by atoms with Crippen LogP contribution in [0.5, 0.6) is 0 Å². The van der Waals surface area contributed by atoms with Crippen molar-refractivity contribution >= 4 is 45.1 Å². The predicted octanol–water partition coefficient (Wildman–Crippen LogP) is 5.38. The van der Waals surface area contributed by atoms with Gasteiger partial charge in [-0.2, -0.15) is 0 Å². The number of aromatic nitrogens is 1. The first-order valence-corrected chi connectivity index (χ1v) is 12.7. The molecule has 1 aromatic heterocycles. The van der Waals surface area contributed by atoms with Crippen LogP contribution in [0.3, 0.4) is 0 Å². The van der Waals surface area contributed by atoms with Gasteiger partial charge in [-0.25, -0.2) is 0 Å². The highest BCUT2D eigenvalue weighted by Gasteiger charge is 2.31. The number of carbonyl (C=O) groups is 2. The number of anilines is 1. The first-order chi connectivity index (χ1) is 16.7. The van der Waals surface area contributed by atoms with Crippen molar-refractivity contribution in [3.05, 3.63) is 75.0 Å². The summed E-state index contributed by atoms with van der Waals surface area (Å²) in [5.41, 5.74) is 7.41.